The number of hydrogen-bond acceptors (Lipinski definition) is 4. The summed E-state index contributed by atoms with van der Waals surface area (Å²) in [6.07, 6.45) is 0.370. The SMILES string of the molecule is CCC1(c2ccccc2)NC(=O)N(NC(=O)CN(c2ccc(C)cc2)C(C)C)C1=O. The third-order valence-corrected chi connectivity index (χ3v) is 5.43. The Morgan fingerprint density at radius 1 is 1.10 bits per heavy atom. The minimum absolute atomic E-state index is 0.0161. The van der Waals surface area contributed by atoms with E-state index in [1.807, 2.05) is 75.1 Å². The maximum absolute atomic E-state index is 13.1. The summed E-state index contributed by atoms with van der Waals surface area (Å²) < 4.78 is 0. The molecule has 3 rings (SSSR count). The maximum Gasteiger partial charge on any atom is 0.344 e. The van der Waals surface area contributed by atoms with Gasteiger partial charge in [0.25, 0.3) is 11.8 Å². The van der Waals surface area contributed by atoms with Crippen molar-refractivity contribution in [2.24, 2.45) is 0 Å². The first kappa shape index (κ1) is 21.4. The first-order chi connectivity index (χ1) is 14.3. The quantitative estimate of drug-likeness (QED) is 0.690. The number of nitrogens with one attached hydrogen (secondary N) is 2. The van der Waals surface area contributed by atoms with Crippen LogP contribution in [0.3, 0.4) is 0 Å². The molecule has 4 amide bonds. The Morgan fingerprint density at radius 2 is 1.73 bits per heavy atom. The zero-order valence-corrected chi connectivity index (χ0v) is 17.8. The van der Waals surface area contributed by atoms with Gasteiger partial charge in [0.15, 0.2) is 0 Å². The maximum atomic E-state index is 13.1. The number of carbonyl (C=O) groups is 3. The summed E-state index contributed by atoms with van der Waals surface area (Å²) >= 11 is 0. The Hall–Kier alpha value is -3.35. The van der Waals surface area contributed by atoms with Gasteiger partial charge in [-0.2, -0.15) is 5.01 Å². The molecular formula is C23H28N4O3. The van der Waals surface area contributed by atoms with Crippen LogP contribution in [-0.4, -0.2) is 35.4 Å². The van der Waals surface area contributed by atoms with Gasteiger partial charge in [0.05, 0.1) is 6.54 Å². The summed E-state index contributed by atoms with van der Waals surface area (Å²) in [4.78, 5) is 40.4. The number of amides is 4. The minimum Gasteiger partial charge on any atom is -0.360 e. The van der Waals surface area contributed by atoms with Crippen LogP contribution in [0, 0.1) is 6.92 Å². The Labute approximate surface area is 177 Å². The van der Waals surface area contributed by atoms with Gasteiger partial charge in [-0.25, -0.2) is 4.79 Å². The summed E-state index contributed by atoms with van der Waals surface area (Å²) in [5.74, 6) is -0.922. The lowest BCUT2D eigenvalue weighted by molar-refractivity contribution is -0.139. The number of hydrogen-bond donors (Lipinski definition) is 2. The Morgan fingerprint density at radius 3 is 2.30 bits per heavy atom. The predicted octanol–water partition coefficient (Wildman–Crippen LogP) is 3.10. The molecule has 0 aliphatic carbocycles. The molecule has 0 spiro atoms. The highest BCUT2D eigenvalue weighted by atomic mass is 16.2. The fourth-order valence-electron chi connectivity index (χ4n) is 3.66. The van der Waals surface area contributed by atoms with Gasteiger partial charge in [-0.3, -0.25) is 15.0 Å². The first-order valence-corrected chi connectivity index (χ1v) is 10.1. The van der Waals surface area contributed by atoms with E-state index < -0.39 is 23.4 Å². The standard InChI is InChI=1S/C23H28N4O3/c1-5-23(18-9-7-6-8-10-18)21(29)27(22(30)24-23)25-20(28)15-26(16(2)3)19-13-11-17(4)12-14-19/h6-14,16H,5,15H2,1-4H3,(H,24,30)(H,25,28). The summed E-state index contributed by atoms with van der Waals surface area (Å²) in [7, 11) is 0. The molecule has 1 saturated heterocycles. The topological polar surface area (TPSA) is 81.8 Å². The molecule has 7 nitrogen and oxygen atoms in total. The van der Waals surface area contributed by atoms with Crippen molar-refractivity contribution >= 4 is 23.5 Å². The van der Waals surface area contributed by atoms with Crippen LogP contribution in [0.5, 0.6) is 0 Å². The molecule has 0 saturated carbocycles. The van der Waals surface area contributed by atoms with Crippen molar-refractivity contribution in [2.45, 2.75) is 45.7 Å². The number of nitrogens with zero attached hydrogens (tertiary/aromatic N) is 2. The highest BCUT2D eigenvalue weighted by Gasteiger charge is 2.52. The third kappa shape index (κ3) is 4.01. The third-order valence-electron chi connectivity index (χ3n) is 5.43. The normalized spacial score (nSPS) is 18.5. The van der Waals surface area contributed by atoms with E-state index in [1.54, 1.807) is 12.1 Å². The van der Waals surface area contributed by atoms with Crippen LogP contribution in [0.25, 0.3) is 0 Å². The van der Waals surface area contributed by atoms with E-state index in [1.165, 1.54) is 0 Å². The monoisotopic (exact) mass is 408 g/mol. The van der Waals surface area contributed by atoms with Gasteiger partial charge >= 0.3 is 6.03 Å². The van der Waals surface area contributed by atoms with Gasteiger partial charge in [-0.15, -0.1) is 0 Å². The van der Waals surface area contributed by atoms with E-state index >= 15 is 0 Å². The Balaban J connectivity index is 1.76. The van der Waals surface area contributed by atoms with E-state index in [-0.39, 0.29) is 12.6 Å². The molecule has 2 N–H and O–H groups in total. The molecule has 2 aromatic carbocycles. The molecule has 0 radical (unpaired) electrons. The van der Waals surface area contributed by atoms with Gasteiger partial charge in [0.1, 0.15) is 5.54 Å². The first-order valence-electron chi connectivity index (χ1n) is 10.1. The van der Waals surface area contributed by atoms with E-state index in [4.69, 9.17) is 0 Å². The molecule has 1 aliphatic rings. The molecule has 158 valence electrons. The van der Waals surface area contributed by atoms with Crippen molar-refractivity contribution in [1.29, 1.82) is 0 Å². The van der Waals surface area contributed by atoms with Crippen molar-refractivity contribution < 1.29 is 14.4 Å². The van der Waals surface area contributed by atoms with Crippen molar-refractivity contribution in [3.05, 3.63) is 65.7 Å². The zero-order valence-electron chi connectivity index (χ0n) is 17.8. The summed E-state index contributed by atoms with van der Waals surface area (Å²) in [6.45, 7) is 7.81. The van der Waals surface area contributed by atoms with Crippen LogP contribution in [-0.2, 0) is 15.1 Å². The fourth-order valence-corrected chi connectivity index (χ4v) is 3.66. The molecule has 1 heterocycles. The summed E-state index contributed by atoms with van der Waals surface area (Å²) in [6, 6.07) is 16.4. The van der Waals surface area contributed by atoms with Crippen molar-refractivity contribution in [2.75, 3.05) is 11.4 Å². The van der Waals surface area contributed by atoms with Crippen LogP contribution in [0.15, 0.2) is 54.6 Å². The summed E-state index contributed by atoms with van der Waals surface area (Å²) in [5, 5.41) is 3.56. The lowest BCUT2D eigenvalue weighted by Crippen LogP contribution is -2.51. The zero-order chi connectivity index (χ0) is 21.9. The second-order valence-electron chi connectivity index (χ2n) is 7.79. The second kappa shape index (κ2) is 8.57. The molecule has 7 heteroatoms. The van der Waals surface area contributed by atoms with E-state index in [9.17, 15) is 14.4 Å². The molecule has 2 aromatic rings. The number of rotatable bonds is 7. The van der Waals surface area contributed by atoms with Crippen molar-refractivity contribution in [3.63, 3.8) is 0 Å². The van der Waals surface area contributed by atoms with Crippen LogP contribution in [0.2, 0.25) is 0 Å². The van der Waals surface area contributed by atoms with E-state index in [2.05, 4.69) is 10.7 Å². The Bertz CT molecular complexity index is 927. The van der Waals surface area contributed by atoms with Crippen LogP contribution >= 0.6 is 0 Å². The lowest BCUT2D eigenvalue weighted by Gasteiger charge is -2.29. The van der Waals surface area contributed by atoms with Crippen LogP contribution < -0.4 is 15.6 Å². The van der Waals surface area contributed by atoms with Crippen molar-refractivity contribution in [1.82, 2.24) is 15.8 Å². The predicted molar refractivity (Wildman–Crippen MR) is 116 cm³/mol. The number of hydrazine groups is 1. The van der Waals surface area contributed by atoms with E-state index in [0.29, 0.717) is 12.0 Å². The number of urea groups is 1. The molecule has 1 atom stereocenters. The van der Waals surface area contributed by atoms with Crippen molar-refractivity contribution in [3.8, 4) is 0 Å². The van der Waals surface area contributed by atoms with Crippen LogP contribution in [0.1, 0.15) is 38.3 Å². The minimum atomic E-state index is -1.18. The van der Waals surface area contributed by atoms with Gasteiger partial charge in [-0.1, -0.05) is 55.0 Å². The molecule has 1 unspecified atom stereocenters. The average Bonchev–Trinajstić information content (AvgIpc) is 2.98. The summed E-state index contributed by atoms with van der Waals surface area (Å²) in [5.41, 5.74) is 4.03. The second-order valence-corrected chi connectivity index (χ2v) is 7.79. The molecule has 30 heavy (non-hydrogen) atoms. The molecule has 1 aliphatic heterocycles. The average molecular weight is 409 g/mol. The molecular weight excluding hydrogens is 380 g/mol. The number of carbonyl (C=O) groups excluding carboxylic acids is 3. The van der Waals surface area contributed by atoms with Gasteiger partial charge in [-0.05, 0) is 44.9 Å². The lowest BCUT2D eigenvalue weighted by atomic mass is 9.87. The smallest absolute Gasteiger partial charge is 0.344 e. The van der Waals surface area contributed by atoms with Gasteiger partial charge < -0.3 is 10.2 Å². The van der Waals surface area contributed by atoms with Crippen LogP contribution in [0.4, 0.5) is 10.5 Å². The molecule has 1 fully saturated rings. The fraction of sp³-hybridized carbons (Fsp3) is 0.348. The highest BCUT2D eigenvalue weighted by Crippen LogP contribution is 2.31. The number of aryl methyl sites for hydroxylation is 1. The number of benzene rings is 2. The highest BCUT2D eigenvalue weighted by molar-refractivity contribution is 6.08. The number of anilines is 1. The molecule has 0 bridgehead atoms. The largest absolute Gasteiger partial charge is 0.360 e. The van der Waals surface area contributed by atoms with Gasteiger partial charge in [0, 0.05) is 11.7 Å². The van der Waals surface area contributed by atoms with E-state index in [0.717, 1.165) is 16.3 Å². The van der Waals surface area contributed by atoms with Gasteiger partial charge in [0.2, 0.25) is 0 Å². The molecule has 0 aromatic heterocycles. The Kier molecular flexibility index (Phi) is 6.10. The number of imide groups is 1.